The number of nitrogens with one attached hydrogen (secondary N) is 1. The van der Waals surface area contributed by atoms with Crippen LogP contribution in [-0.4, -0.2) is 24.4 Å². The molecule has 0 saturated carbocycles. The largest absolute Gasteiger partial charge is 0.323 e. The van der Waals surface area contributed by atoms with E-state index in [0.29, 0.717) is 6.42 Å². The molecule has 1 amide bonds. The fourth-order valence-corrected chi connectivity index (χ4v) is 2.81. The topological polar surface area (TPSA) is 55.4 Å². The molecule has 1 N–H and O–H groups in total. The Morgan fingerprint density at radius 2 is 2.00 bits per heavy atom. The van der Waals surface area contributed by atoms with Gasteiger partial charge in [0.05, 0.1) is 13.7 Å². The van der Waals surface area contributed by atoms with Crippen molar-refractivity contribution in [2.45, 2.75) is 25.1 Å². The Bertz CT molecular complexity index is 509. The number of hydrogen-bond acceptors (Lipinski definition) is 3. The number of hydrogen-bond donors (Lipinski definition) is 1. The Hall–Kier alpha value is -1.38. The number of hydroxylamine groups is 1. The molecule has 110 valence electrons. The van der Waals surface area contributed by atoms with Crippen molar-refractivity contribution in [3.05, 3.63) is 48.6 Å². The summed E-state index contributed by atoms with van der Waals surface area (Å²) < 4.78 is 12.3. The molecule has 5 heteroatoms. The second kappa shape index (κ2) is 6.87. The molecule has 0 radical (unpaired) electrons. The Kier molecular flexibility index (Phi) is 5.73. The summed E-state index contributed by atoms with van der Waals surface area (Å²) in [4.78, 5) is 17.4. The molecule has 20 heavy (non-hydrogen) atoms. The van der Waals surface area contributed by atoms with Crippen molar-refractivity contribution < 1.29 is 14.2 Å². The van der Waals surface area contributed by atoms with Gasteiger partial charge in [0.2, 0.25) is 0 Å². The van der Waals surface area contributed by atoms with Crippen LogP contribution >= 0.6 is 7.14 Å². The molecule has 0 bridgehead atoms. The lowest BCUT2D eigenvalue weighted by Crippen LogP contribution is -2.43. The molecule has 0 spiro atoms. The van der Waals surface area contributed by atoms with Crippen LogP contribution in [0.5, 0.6) is 0 Å². The highest BCUT2D eigenvalue weighted by Gasteiger charge is 2.43. The van der Waals surface area contributed by atoms with Crippen molar-refractivity contribution in [2.75, 3.05) is 13.3 Å². The zero-order valence-electron chi connectivity index (χ0n) is 12.3. The van der Waals surface area contributed by atoms with Gasteiger partial charge in [0.1, 0.15) is 5.16 Å². The van der Waals surface area contributed by atoms with Crippen molar-refractivity contribution in [1.82, 2.24) is 5.48 Å². The van der Waals surface area contributed by atoms with Gasteiger partial charge in [0, 0.05) is 0 Å². The van der Waals surface area contributed by atoms with Crippen LogP contribution in [0, 0.1) is 0 Å². The van der Waals surface area contributed by atoms with Crippen LogP contribution in [0.1, 0.15) is 18.9 Å². The van der Waals surface area contributed by atoms with Gasteiger partial charge in [0.25, 0.3) is 5.91 Å². The normalized spacial score (nSPS) is 14.3. The quantitative estimate of drug-likeness (QED) is 0.477. The zero-order chi connectivity index (χ0) is 15.2. The van der Waals surface area contributed by atoms with Crippen LogP contribution in [-0.2, 0) is 20.8 Å². The summed E-state index contributed by atoms with van der Waals surface area (Å²) in [5.41, 5.74) is 3.36. The number of carbonyl (C=O) groups is 1. The number of benzene rings is 1. The molecule has 1 unspecified atom stereocenters. The molecule has 4 nitrogen and oxygen atoms in total. The first-order valence-electron chi connectivity index (χ1n) is 6.43. The summed E-state index contributed by atoms with van der Waals surface area (Å²) in [6.45, 7) is 8.79. The molecule has 0 fully saturated rings. The van der Waals surface area contributed by atoms with E-state index in [2.05, 4.69) is 12.1 Å². The number of amides is 1. The second-order valence-electron chi connectivity index (χ2n) is 5.32. The van der Waals surface area contributed by atoms with Crippen LogP contribution in [0.15, 0.2) is 43.0 Å². The molecule has 0 aromatic heterocycles. The minimum atomic E-state index is -2.64. The third-order valence-corrected chi connectivity index (χ3v) is 6.23. The smallest absolute Gasteiger partial charge is 0.257 e. The van der Waals surface area contributed by atoms with E-state index >= 15 is 0 Å². The first kappa shape index (κ1) is 16.7. The van der Waals surface area contributed by atoms with Crippen LogP contribution in [0.3, 0.4) is 0 Å². The van der Waals surface area contributed by atoms with Crippen LogP contribution < -0.4 is 5.48 Å². The molecule has 0 saturated heterocycles. The lowest BCUT2D eigenvalue weighted by Gasteiger charge is -2.30. The molecular weight excluding hydrogens is 273 g/mol. The predicted octanol–water partition coefficient (Wildman–Crippen LogP) is 3.19. The third-order valence-electron chi connectivity index (χ3n) is 3.47. The van der Waals surface area contributed by atoms with Gasteiger partial charge in [0.15, 0.2) is 0 Å². The van der Waals surface area contributed by atoms with Crippen molar-refractivity contribution in [2.24, 2.45) is 0 Å². The highest BCUT2D eigenvalue weighted by Crippen LogP contribution is 2.53. The van der Waals surface area contributed by atoms with Gasteiger partial charge in [-0.15, -0.1) is 6.58 Å². The van der Waals surface area contributed by atoms with Gasteiger partial charge in [-0.25, -0.2) is 5.48 Å². The van der Waals surface area contributed by atoms with Gasteiger partial charge < -0.3 is 4.57 Å². The van der Waals surface area contributed by atoms with Crippen LogP contribution in [0.25, 0.3) is 0 Å². The van der Waals surface area contributed by atoms with E-state index in [1.807, 2.05) is 30.3 Å². The maximum atomic E-state index is 12.3. The minimum Gasteiger partial charge on any atom is -0.323 e. The van der Waals surface area contributed by atoms with Crippen molar-refractivity contribution in [3.8, 4) is 0 Å². The molecule has 0 heterocycles. The van der Waals surface area contributed by atoms with E-state index in [1.165, 1.54) is 0 Å². The van der Waals surface area contributed by atoms with E-state index in [4.69, 9.17) is 4.84 Å². The van der Waals surface area contributed by atoms with Gasteiger partial charge in [-0.2, -0.15) is 0 Å². The fourth-order valence-electron chi connectivity index (χ4n) is 1.71. The molecule has 1 atom stereocenters. The summed E-state index contributed by atoms with van der Waals surface area (Å²) >= 11 is 0. The average molecular weight is 295 g/mol. The standard InChI is InChI=1S/C15H22NO3P/c1-5-11-15(2,20(3,4)18)14(17)16-19-12-13-9-7-6-8-10-13/h5-10H,1,11-12H2,2-4H3,(H,16,17). The monoisotopic (exact) mass is 295 g/mol. The predicted molar refractivity (Wildman–Crippen MR) is 82.0 cm³/mol. The third kappa shape index (κ3) is 4.06. The Morgan fingerprint density at radius 3 is 2.50 bits per heavy atom. The molecule has 1 rings (SSSR count). The number of allylic oxidation sites excluding steroid dienone is 1. The van der Waals surface area contributed by atoms with E-state index in [-0.39, 0.29) is 12.5 Å². The van der Waals surface area contributed by atoms with Gasteiger partial charge in [-0.3, -0.25) is 9.63 Å². The maximum Gasteiger partial charge on any atom is 0.257 e. The number of carbonyl (C=O) groups excluding carboxylic acids is 1. The Labute approximate surface area is 120 Å². The van der Waals surface area contributed by atoms with E-state index in [1.54, 1.807) is 26.3 Å². The van der Waals surface area contributed by atoms with Gasteiger partial charge in [-0.05, 0) is 32.2 Å². The van der Waals surface area contributed by atoms with Crippen LogP contribution in [0.2, 0.25) is 0 Å². The summed E-state index contributed by atoms with van der Waals surface area (Å²) in [5.74, 6) is -0.373. The van der Waals surface area contributed by atoms with Gasteiger partial charge >= 0.3 is 0 Å². The highest BCUT2D eigenvalue weighted by molar-refractivity contribution is 7.65. The molecule has 1 aromatic carbocycles. The second-order valence-corrected chi connectivity index (χ2v) is 9.01. The zero-order valence-corrected chi connectivity index (χ0v) is 13.2. The lowest BCUT2D eigenvalue weighted by atomic mass is 10.1. The summed E-state index contributed by atoms with van der Waals surface area (Å²) in [6.07, 6.45) is 1.95. The van der Waals surface area contributed by atoms with Crippen molar-refractivity contribution in [1.29, 1.82) is 0 Å². The molecular formula is C15H22NO3P. The van der Waals surface area contributed by atoms with Crippen molar-refractivity contribution >= 4 is 13.0 Å². The van der Waals surface area contributed by atoms with E-state index in [0.717, 1.165) is 5.56 Å². The molecule has 1 aromatic rings. The summed E-state index contributed by atoms with van der Waals surface area (Å²) in [7, 11) is -2.64. The molecule has 0 aliphatic rings. The van der Waals surface area contributed by atoms with E-state index in [9.17, 15) is 9.36 Å². The highest BCUT2D eigenvalue weighted by atomic mass is 31.2. The molecule has 0 aliphatic heterocycles. The first-order valence-corrected chi connectivity index (χ1v) is 9.03. The van der Waals surface area contributed by atoms with Gasteiger partial charge in [-0.1, -0.05) is 36.4 Å². The van der Waals surface area contributed by atoms with E-state index < -0.39 is 12.3 Å². The molecule has 0 aliphatic carbocycles. The SMILES string of the molecule is C=CCC(C)(C(=O)NOCc1ccccc1)P(C)(C)=O. The minimum absolute atomic E-state index is 0.272. The lowest BCUT2D eigenvalue weighted by molar-refractivity contribution is -0.136. The maximum absolute atomic E-state index is 12.3. The summed E-state index contributed by atoms with van der Waals surface area (Å²) in [5, 5.41) is -0.995. The number of rotatable bonds is 7. The fraction of sp³-hybridized carbons (Fsp3) is 0.400. The summed E-state index contributed by atoms with van der Waals surface area (Å²) in [6, 6.07) is 9.51. The Balaban J connectivity index is 2.64. The average Bonchev–Trinajstić information content (AvgIpc) is 2.38. The van der Waals surface area contributed by atoms with Crippen molar-refractivity contribution in [3.63, 3.8) is 0 Å². The van der Waals surface area contributed by atoms with Crippen LogP contribution in [0.4, 0.5) is 0 Å². The first-order chi connectivity index (χ1) is 9.31. The Morgan fingerprint density at radius 1 is 1.40 bits per heavy atom.